The van der Waals surface area contributed by atoms with Crippen molar-refractivity contribution in [2.24, 2.45) is 5.92 Å². The molecule has 1 heterocycles. The first-order valence-electron chi connectivity index (χ1n) is 10.3. The second-order valence-corrected chi connectivity index (χ2v) is 9.44. The van der Waals surface area contributed by atoms with Crippen molar-refractivity contribution in [1.29, 1.82) is 0 Å². The second-order valence-electron chi connectivity index (χ2n) is 8.22. The summed E-state index contributed by atoms with van der Waals surface area (Å²) in [5, 5.41) is 20.2. The average Bonchev–Trinajstić information content (AvgIpc) is 2.75. The van der Waals surface area contributed by atoms with Crippen LogP contribution < -0.4 is 0 Å². The molecule has 6 nitrogen and oxygen atoms in total. The standard InChI is InChI=1S/C25H23FNO5P/c1-16(2)12-13-25(23(28)29,33(31)32)24(30,15-18-8-10-20(26)17(3)14-18)22-11-9-19-6-4-5-7-21(19)27-22/h4-11,14,16,30H,15H2,1-3H3,(H-,28,29,31,32)/p+1. The fourth-order valence-corrected chi connectivity index (χ4v) is 4.52. The molecule has 3 atom stereocenters. The van der Waals surface area contributed by atoms with Gasteiger partial charge in [-0.15, -0.1) is 0 Å². The number of para-hydroxylation sites is 1. The number of carboxylic acids is 1. The van der Waals surface area contributed by atoms with Crippen LogP contribution in [-0.2, 0) is 21.4 Å². The minimum Gasteiger partial charge on any atom is -0.477 e. The van der Waals surface area contributed by atoms with Crippen LogP contribution in [0, 0.1) is 30.5 Å². The van der Waals surface area contributed by atoms with Gasteiger partial charge in [0.1, 0.15) is 5.82 Å². The number of nitrogens with zero attached hydrogens (tertiary/aromatic N) is 1. The van der Waals surface area contributed by atoms with E-state index >= 15 is 0 Å². The zero-order valence-corrected chi connectivity index (χ0v) is 19.3. The first-order chi connectivity index (χ1) is 15.5. The third-order valence-corrected chi connectivity index (χ3v) is 6.69. The molecule has 0 spiro atoms. The van der Waals surface area contributed by atoms with Gasteiger partial charge in [-0.2, -0.15) is 4.89 Å². The van der Waals surface area contributed by atoms with Gasteiger partial charge in [-0.1, -0.05) is 56.2 Å². The smallest absolute Gasteiger partial charge is 0.477 e. The SMILES string of the molecule is Cc1cc(CC(O)(c2ccc3ccccc3n2)C(C#CC(C)C)(C(=O)O)[P+](=O)O)ccc1F. The summed E-state index contributed by atoms with van der Waals surface area (Å²) < 4.78 is 26.5. The van der Waals surface area contributed by atoms with Gasteiger partial charge in [-0.05, 0) is 46.7 Å². The fraction of sp³-hybridized carbons (Fsp3) is 0.280. The van der Waals surface area contributed by atoms with Crippen LogP contribution in [0.2, 0.25) is 0 Å². The van der Waals surface area contributed by atoms with E-state index in [2.05, 4.69) is 16.8 Å². The molecule has 2 aromatic carbocycles. The first-order valence-corrected chi connectivity index (χ1v) is 11.5. The van der Waals surface area contributed by atoms with Gasteiger partial charge in [-0.25, -0.2) is 14.2 Å². The minimum atomic E-state index is -3.57. The average molecular weight is 468 g/mol. The summed E-state index contributed by atoms with van der Waals surface area (Å²) in [6.45, 7) is 4.92. The number of hydrogen-bond donors (Lipinski definition) is 3. The lowest BCUT2D eigenvalue weighted by Crippen LogP contribution is -2.55. The van der Waals surface area contributed by atoms with Crippen molar-refractivity contribution >= 4 is 24.9 Å². The maximum absolute atomic E-state index is 13.9. The van der Waals surface area contributed by atoms with E-state index in [9.17, 15) is 28.9 Å². The maximum atomic E-state index is 13.9. The van der Waals surface area contributed by atoms with Gasteiger partial charge < -0.3 is 10.2 Å². The Kier molecular flexibility index (Phi) is 6.94. The van der Waals surface area contributed by atoms with Crippen molar-refractivity contribution < 1.29 is 28.9 Å². The molecule has 33 heavy (non-hydrogen) atoms. The molecule has 3 aromatic rings. The molecular weight excluding hydrogens is 444 g/mol. The Bertz CT molecular complexity index is 1280. The van der Waals surface area contributed by atoms with Crippen LogP contribution in [-0.4, -0.2) is 31.2 Å². The number of carboxylic acid groups (broad SMARTS) is 1. The van der Waals surface area contributed by atoms with Crippen molar-refractivity contribution in [2.45, 2.75) is 37.9 Å². The number of aromatic nitrogens is 1. The molecule has 0 radical (unpaired) electrons. The number of carbonyl (C=O) groups is 1. The minimum absolute atomic E-state index is 0.124. The van der Waals surface area contributed by atoms with Crippen LogP contribution in [0.15, 0.2) is 54.6 Å². The van der Waals surface area contributed by atoms with Crippen molar-refractivity contribution in [1.82, 2.24) is 4.98 Å². The summed E-state index contributed by atoms with van der Waals surface area (Å²) in [5.74, 6) is 2.51. The number of hydrogen-bond acceptors (Lipinski definition) is 4. The van der Waals surface area contributed by atoms with E-state index in [1.165, 1.54) is 31.2 Å². The molecule has 3 unspecified atom stereocenters. The van der Waals surface area contributed by atoms with Crippen LogP contribution in [0.1, 0.15) is 30.7 Å². The number of aliphatic hydroxyl groups is 1. The molecule has 0 aliphatic carbocycles. The van der Waals surface area contributed by atoms with Gasteiger partial charge in [-0.3, -0.25) is 0 Å². The van der Waals surface area contributed by atoms with E-state index in [-0.39, 0.29) is 17.2 Å². The summed E-state index contributed by atoms with van der Waals surface area (Å²) in [7, 11) is -3.57. The van der Waals surface area contributed by atoms with E-state index in [0.29, 0.717) is 11.1 Å². The van der Waals surface area contributed by atoms with Crippen LogP contribution in [0.3, 0.4) is 0 Å². The molecule has 0 saturated heterocycles. The number of aryl methyl sites for hydroxylation is 1. The van der Waals surface area contributed by atoms with Crippen molar-refractivity contribution in [3.05, 3.63) is 77.2 Å². The topological polar surface area (TPSA) is 108 Å². The molecule has 0 amide bonds. The normalized spacial score (nSPS) is 15.3. The zero-order chi connectivity index (χ0) is 24.4. The quantitative estimate of drug-likeness (QED) is 0.367. The molecule has 170 valence electrons. The van der Waals surface area contributed by atoms with E-state index in [4.69, 9.17) is 0 Å². The van der Waals surface area contributed by atoms with Crippen LogP contribution in [0.25, 0.3) is 10.9 Å². The Hall–Kier alpha value is -3.17. The number of benzene rings is 2. The van der Waals surface area contributed by atoms with Crippen LogP contribution >= 0.6 is 8.03 Å². The van der Waals surface area contributed by atoms with Crippen molar-refractivity contribution in [3.8, 4) is 11.8 Å². The molecule has 3 rings (SSSR count). The lowest BCUT2D eigenvalue weighted by molar-refractivity contribution is -0.146. The van der Waals surface area contributed by atoms with Gasteiger partial charge >= 0.3 is 19.2 Å². The predicted octanol–water partition coefficient (Wildman–Crippen LogP) is 4.33. The van der Waals surface area contributed by atoms with Gasteiger partial charge in [0.25, 0.3) is 0 Å². The zero-order valence-electron chi connectivity index (χ0n) is 18.4. The Balaban J connectivity index is 2.36. The number of rotatable bonds is 6. The maximum Gasteiger partial charge on any atom is 0.541 e. The fourth-order valence-electron chi connectivity index (χ4n) is 3.68. The first kappa shape index (κ1) is 24.5. The molecule has 1 aromatic heterocycles. The van der Waals surface area contributed by atoms with Gasteiger partial charge in [0.15, 0.2) is 5.60 Å². The highest BCUT2D eigenvalue weighted by molar-refractivity contribution is 7.42. The molecule has 3 N–H and O–H groups in total. The van der Waals surface area contributed by atoms with Crippen LogP contribution in [0.4, 0.5) is 4.39 Å². The number of pyridine rings is 1. The highest BCUT2D eigenvalue weighted by Gasteiger charge is 2.72. The highest BCUT2D eigenvalue weighted by Crippen LogP contribution is 2.50. The highest BCUT2D eigenvalue weighted by atomic mass is 31.1. The van der Waals surface area contributed by atoms with Gasteiger partial charge in [0.2, 0.25) is 0 Å². The Morgan fingerprint density at radius 1 is 1.18 bits per heavy atom. The van der Waals surface area contributed by atoms with Crippen molar-refractivity contribution in [2.75, 3.05) is 0 Å². The third kappa shape index (κ3) is 4.51. The molecule has 8 heteroatoms. The summed E-state index contributed by atoms with van der Waals surface area (Å²) in [6, 6.07) is 14.1. The van der Waals surface area contributed by atoms with E-state index in [0.717, 1.165) is 5.39 Å². The largest absolute Gasteiger partial charge is 0.541 e. The van der Waals surface area contributed by atoms with E-state index < -0.39 is 37.0 Å². The molecule has 0 bridgehead atoms. The third-order valence-electron chi connectivity index (χ3n) is 5.44. The Morgan fingerprint density at radius 2 is 1.88 bits per heavy atom. The molecule has 0 fully saturated rings. The molecular formula is C25H24FNO5P+. The summed E-state index contributed by atoms with van der Waals surface area (Å²) in [5.41, 5.74) is -1.53. The summed E-state index contributed by atoms with van der Waals surface area (Å²) >= 11 is 0. The van der Waals surface area contributed by atoms with E-state index in [1.807, 2.05) is 0 Å². The Labute approximate surface area is 192 Å². The number of fused-ring (bicyclic) bond motifs is 1. The van der Waals surface area contributed by atoms with Gasteiger partial charge in [0, 0.05) is 17.7 Å². The lowest BCUT2D eigenvalue weighted by Gasteiger charge is -2.33. The summed E-state index contributed by atoms with van der Waals surface area (Å²) in [4.78, 5) is 27.3. The van der Waals surface area contributed by atoms with Crippen molar-refractivity contribution in [3.63, 3.8) is 0 Å². The second kappa shape index (κ2) is 9.36. The van der Waals surface area contributed by atoms with Gasteiger partial charge in [0.05, 0.1) is 11.2 Å². The molecule has 0 aliphatic rings. The van der Waals surface area contributed by atoms with E-state index in [1.54, 1.807) is 44.2 Å². The van der Waals surface area contributed by atoms with Crippen LogP contribution in [0.5, 0.6) is 0 Å². The summed E-state index contributed by atoms with van der Waals surface area (Å²) in [6.07, 6.45) is -0.430. The number of aliphatic carboxylic acids is 1. The lowest BCUT2D eigenvalue weighted by atomic mass is 9.78. The molecule has 0 aliphatic heterocycles. The number of halogens is 1. The monoisotopic (exact) mass is 468 g/mol. The predicted molar refractivity (Wildman–Crippen MR) is 123 cm³/mol. The Morgan fingerprint density at radius 3 is 2.48 bits per heavy atom. The molecule has 0 saturated carbocycles.